The van der Waals surface area contributed by atoms with Crippen LogP contribution in [0.15, 0.2) is 34.2 Å². The summed E-state index contributed by atoms with van der Waals surface area (Å²) in [7, 11) is 0. The second-order valence-electron chi connectivity index (χ2n) is 5.06. The number of nitrogens with one attached hydrogen (secondary N) is 1. The molecule has 0 radical (unpaired) electrons. The first-order valence-electron chi connectivity index (χ1n) is 7.31. The number of urea groups is 1. The van der Waals surface area contributed by atoms with E-state index in [1.165, 1.54) is 4.57 Å². The number of rotatable bonds is 6. The zero-order valence-corrected chi connectivity index (χ0v) is 13.9. The van der Waals surface area contributed by atoms with E-state index in [4.69, 9.17) is 10.8 Å². The Morgan fingerprint density at radius 2 is 2.12 bits per heavy atom. The van der Waals surface area contributed by atoms with Gasteiger partial charge in [0.1, 0.15) is 0 Å². The number of thioether (sulfide) groups is 1. The van der Waals surface area contributed by atoms with E-state index in [2.05, 4.69) is 4.98 Å². The Kier molecular flexibility index (Phi) is 5.93. The van der Waals surface area contributed by atoms with E-state index in [1.807, 2.05) is 5.32 Å². The number of fused-ring (bicyclic) bond motifs is 1. The first-order valence-corrected chi connectivity index (χ1v) is 8.19. The lowest BCUT2D eigenvalue weighted by Crippen LogP contribution is -2.39. The second-order valence-corrected chi connectivity index (χ2v) is 6.37. The molecule has 24 heavy (non-hydrogen) atoms. The third-order valence-electron chi connectivity index (χ3n) is 3.26. The van der Waals surface area contributed by atoms with Crippen LogP contribution < -0.4 is 16.6 Å². The number of nitrogens with zero attached hydrogens (tertiary/aromatic N) is 2. The van der Waals surface area contributed by atoms with Gasteiger partial charge in [0.15, 0.2) is 5.16 Å². The van der Waals surface area contributed by atoms with E-state index in [-0.39, 0.29) is 18.7 Å². The molecule has 0 fully saturated rings. The van der Waals surface area contributed by atoms with Crippen LogP contribution in [0.2, 0.25) is 0 Å². The van der Waals surface area contributed by atoms with Gasteiger partial charge in [0.05, 0.1) is 16.2 Å². The van der Waals surface area contributed by atoms with Crippen LogP contribution in [0, 0.1) is 0 Å². The first-order chi connectivity index (χ1) is 11.4. The van der Waals surface area contributed by atoms with Crippen LogP contribution in [0.1, 0.15) is 13.3 Å². The van der Waals surface area contributed by atoms with Crippen molar-refractivity contribution in [2.24, 2.45) is 5.73 Å². The van der Waals surface area contributed by atoms with E-state index in [1.54, 1.807) is 31.2 Å². The number of benzene rings is 1. The minimum atomic E-state index is -0.934. The number of aliphatic hydroxyl groups excluding tert-OH is 1. The molecule has 1 heterocycles. The van der Waals surface area contributed by atoms with Crippen LogP contribution in [-0.4, -0.2) is 38.5 Å². The van der Waals surface area contributed by atoms with Gasteiger partial charge in [-0.1, -0.05) is 23.9 Å². The van der Waals surface area contributed by atoms with Crippen molar-refractivity contribution in [2.45, 2.75) is 30.3 Å². The number of aromatic nitrogens is 2. The summed E-state index contributed by atoms with van der Waals surface area (Å²) >= 11 is 1.05. The van der Waals surface area contributed by atoms with E-state index in [0.29, 0.717) is 22.5 Å². The SMILES string of the molecule is CC(Sc1nc2ccccc2c(=O)n1CCCO)C(=O)NC(N)=O. The summed E-state index contributed by atoms with van der Waals surface area (Å²) in [4.78, 5) is 39.7. The molecule has 128 valence electrons. The fraction of sp³-hybridized carbons (Fsp3) is 0.333. The molecule has 0 bridgehead atoms. The van der Waals surface area contributed by atoms with Crippen molar-refractivity contribution in [3.63, 3.8) is 0 Å². The van der Waals surface area contributed by atoms with Crippen molar-refractivity contribution in [3.8, 4) is 0 Å². The van der Waals surface area contributed by atoms with Crippen LogP contribution >= 0.6 is 11.8 Å². The summed E-state index contributed by atoms with van der Waals surface area (Å²) in [6.45, 7) is 1.79. The Morgan fingerprint density at radius 1 is 1.42 bits per heavy atom. The highest BCUT2D eigenvalue weighted by atomic mass is 32.2. The number of aliphatic hydroxyl groups is 1. The molecule has 2 rings (SSSR count). The topological polar surface area (TPSA) is 127 Å². The molecule has 3 amide bonds. The van der Waals surface area contributed by atoms with Crippen molar-refractivity contribution >= 4 is 34.6 Å². The fourth-order valence-electron chi connectivity index (χ4n) is 2.10. The number of primary amides is 1. The monoisotopic (exact) mass is 350 g/mol. The maximum absolute atomic E-state index is 12.6. The molecule has 1 aromatic carbocycles. The first kappa shape index (κ1) is 18.0. The van der Waals surface area contributed by atoms with Crippen molar-refractivity contribution in [1.29, 1.82) is 0 Å². The third kappa shape index (κ3) is 4.12. The van der Waals surface area contributed by atoms with Crippen LogP contribution in [-0.2, 0) is 11.3 Å². The molecule has 0 spiro atoms. The van der Waals surface area contributed by atoms with Crippen molar-refractivity contribution in [2.75, 3.05) is 6.61 Å². The van der Waals surface area contributed by atoms with Gasteiger partial charge in [-0.25, -0.2) is 9.78 Å². The number of amides is 3. The van der Waals surface area contributed by atoms with Gasteiger partial charge in [0.2, 0.25) is 5.91 Å². The molecular formula is C15H18N4O4S. The Bertz CT molecular complexity index is 821. The zero-order valence-electron chi connectivity index (χ0n) is 13.1. The lowest BCUT2D eigenvalue weighted by atomic mass is 10.2. The predicted octanol–water partition coefficient (Wildman–Crippen LogP) is 0.454. The lowest BCUT2D eigenvalue weighted by Gasteiger charge is -2.15. The van der Waals surface area contributed by atoms with E-state index >= 15 is 0 Å². The predicted molar refractivity (Wildman–Crippen MR) is 90.8 cm³/mol. The van der Waals surface area contributed by atoms with Gasteiger partial charge in [-0.3, -0.25) is 19.5 Å². The summed E-state index contributed by atoms with van der Waals surface area (Å²) in [5, 5.41) is 11.2. The van der Waals surface area contributed by atoms with E-state index in [9.17, 15) is 14.4 Å². The van der Waals surface area contributed by atoms with E-state index in [0.717, 1.165) is 11.8 Å². The molecule has 1 aromatic heterocycles. The summed E-state index contributed by atoms with van der Waals surface area (Å²) in [5.74, 6) is -0.566. The normalized spacial score (nSPS) is 12.1. The average Bonchev–Trinajstić information content (AvgIpc) is 2.54. The Hall–Kier alpha value is -2.39. The van der Waals surface area contributed by atoms with E-state index < -0.39 is 17.2 Å². The van der Waals surface area contributed by atoms with Crippen molar-refractivity contribution < 1.29 is 14.7 Å². The number of hydrogen-bond donors (Lipinski definition) is 3. The van der Waals surface area contributed by atoms with Gasteiger partial charge in [-0.15, -0.1) is 0 Å². The number of carbonyl (C=O) groups excluding carboxylic acids is 2. The van der Waals surface area contributed by atoms with Gasteiger partial charge in [0, 0.05) is 13.2 Å². The highest BCUT2D eigenvalue weighted by molar-refractivity contribution is 8.00. The zero-order chi connectivity index (χ0) is 17.7. The molecule has 1 atom stereocenters. The number of para-hydroxylation sites is 1. The molecule has 1 unspecified atom stereocenters. The molecule has 2 aromatic rings. The summed E-state index contributed by atoms with van der Waals surface area (Å²) in [6.07, 6.45) is 0.384. The lowest BCUT2D eigenvalue weighted by molar-refractivity contribution is -0.119. The van der Waals surface area contributed by atoms with Gasteiger partial charge in [-0.05, 0) is 25.5 Å². The Labute approximate surface area is 142 Å². The molecule has 9 heteroatoms. The molecule has 0 saturated carbocycles. The standard InChI is InChI=1S/C15H18N4O4S/c1-9(12(21)18-14(16)23)24-15-17-11-6-3-2-5-10(11)13(22)19(15)7-4-8-20/h2-3,5-6,9,20H,4,7-8H2,1H3,(H3,16,18,21,23). The second kappa shape index (κ2) is 7.93. The van der Waals surface area contributed by atoms with Gasteiger partial charge >= 0.3 is 6.03 Å². The minimum absolute atomic E-state index is 0.0684. The van der Waals surface area contributed by atoms with Crippen molar-refractivity contribution in [3.05, 3.63) is 34.6 Å². The average molecular weight is 350 g/mol. The fourth-order valence-corrected chi connectivity index (χ4v) is 3.03. The van der Waals surface area contributed by atoms with Gasteiger partial charge < -0.3 is 10.8 Å². The summed E-state index contributed by atoms with van der Waals surface area (Å²) in [5.41, 5.74) is 5.22. The van der Waals surface area contributed by atoms with Gasteiger partial charge in [-0.2, -0.15) is 0 Å². The number of carbonyl (C=O) groups is 2. The maximum atomic E-state index is 12.6. The summed E-state index contributed by atoms with van der Waals surface area (Å²) in [6, 6.07) is 5.97. The van der Waals surface area contributed by atoms with Crippen LogP contribution in [0.4, 0.5) is 4.79 Å². The Morgan fingerprint density at radius 3 is 2.79 bits per heavy atom. The molecule has 0 aliphatic rings. The number of hydrogen-bond acceptors (Lipinski definition) is 6. The maximum Gasteiger partial charge on any atom is 0.318 e. The highest BCUT2D eigenvalue weighted by Gasteiger charge is 2.20. The van der Waals surface area contributed by atoms with Crippen LogP contribution in [0.5, 0.6) is 0 Å². The molecule has 0 saturated heterocycles. The molecule has 8 nitrogen and oxygen atoms in total. The van der Waals surface area contributed by atoms with Gasteiger partial charge in [0.25, 0.3) is 5.56 Å². The molecule has 0 aliphatic heterocycles. The third-order valence-corrected chi connectivity index (χ3v) is 4.35. The van der Waals surface area contributed by atoms with Crippen molar-refractivity contribution in [1.82, 2.24) is 14.9 Å². The smallest absolute Gasteiger partial charge is 0.318 e. The van der Waals surface area contributed by atoms with Crippen LogP contribution in [0.3, 0.4) is 0 Å². The molecule has 0 aliphatic carbocycles. The quantitative estimate of drug-likeness (QED) is 0.513. The minimum Gasteiger partial charge on any atom is -0.396 e. The molecule has 4 N–H and O–H groups in total. The number of nitrogens with two attached hydrogens (primary N) is 1. The van der Waals surface area contributed by atoms with Crippen LogP contribution in [0.25, 0.3) is 10.9 Å². The number of imide groups is 1. The highest BCUT2D eigenvalue weighted by Crippen LogP contribution is 2.22. The largest absolute Gasteiger partial charge is 0.396 e. The summed E-state index contributed by atoms with van der Waals surface area (Å²) < 4.78 is 1.43. The molecular weight excluding hydrogens is 332 g/mol. The Balaban J connectivity index is 2.41.